The summed E-state index contributed by atoms with van der Waals surface area (Å²) in [5.41, 5.74) is 8.21. The molecule has 20 heavy (non-hydrogen) atoms. The van der Waals surface area contributed by atoms with Gasteiger partial charge in [-0.2, -0.15) is 0 Å². The Labute approximate surface area is 118 Å². The molecule has 2 aromatic rings. The highest BCUT2D eigenvalue weighted by molar-refractivity contribution is 5.97. The molecule has 1 unspecified atom stereocenters. The van der Waals surface area contributed by atoms with Gasteiger partial charge in [0.05, 0.1) is 16.9 Å². The Morgan fingerprint density at radius 1 is 1.20 bits per heavy atom. The fourth-order valence-electron chi connectivity index (χ4n) is 2.17. The van der Waals surface area contributed by atoms with Crippen molar-refractivity contribution in [2.75, 3.05) is 11.1 Å². The second-order valence-corrected chi connectivity index (χ2v) is 4.81. The van der Waals surface area contributed by atoms with Crippen molar-refractivity contribution >= 4 is 17.3 Å². The first-order valence-corrected chi connectivity index (χ1v) is 6.50. The molecule has 2 rings (SSSR count). The van der Waals surface area contributed by atoms with Gasteiger partial charge in [-0.3, -0.25) is 0 Å². The molecule has 0 radical (unpaired) electrons. The Bertz CT molecular complexity index is 597. The van der Waals surface area contributed by atoms with Gasteiger partial charge in [-0.05, 0) is 31.0 Å². The van der Waals surface area contributed by atoms with E-state index in [0.717, 1.165) is 6.42 Å². The minimum Gasteiger partial charge on any atom is -0.478 e. The minimum atomic E-state index is -0.980. The smallest absolute Gasteiger partial charge is 0.337 e. The lowest BCUT2D eigenvalue weighted by atomic mass is 10.1. The van der Waals surface area contributed by atoms with Gasteiger partial charge in [0, 0.05) is 6.04 Å². The van der Waals surface area contributed by atoms with Crippen molar-refractivity contribution in [3.05, 3.63) is 59.7 Å². The molecule has 0 saturated carbocycles. The molecule has 0 fully saturated rings. The van der Waals surface area contributed by atoms with Crippen LogP contribution in [0.5, 0.6) is 0 Å². The van der Waals surface area contributed by atoms with Crippen LogP contribution in [0.3, 0.4) is 0 Å². The number of carboxylic acid groups (broad SMARTS) is 1. The number of hydrogen-bond acceptors (Lipinski definition) is 3. The standard InChI is InChI=1S/C16H18N2O2/c1-11(10-12-6-3-2-4-7-12)18-15-13(16(19)20)8-5-9-14(15)17/h2-9,11,18H,10,17H2,1H3,(H,19,20). The molecular formula is C16H18N2O2. The fourth-order valence-corrected chi connectivity index (χ4v) is 2.17. The van der Waals surface area contributed by atoms with E-state index in [9.17, 15) is 9.90 Å². The van der Waals surface area contributed by atoms with Gasteiger partial charge in [0.2, 0.25) is 0 Å². The van der Waals surface area contributed by atoms with Gasteiger partial charge >= 0.3 is 5.97 Å². The highest BCUT2D eigenvalue weighted by atomic mass is 16.4. The number of aromatic carboxylic acids is 1. The number of carbonyl (C=O) groups is 1. The Hall–Kier alpha value is -2.49. The zero-order valence-electron chi connectivity index (χ0n) is 11.3. The maximum absolute atomic E-state index is 11.2. The lowest BCUT2D eigenvalue weighted by Gasteiger charge is -2.18. The molecule has 104 valence electrons. The van der Waals surface area contributed by atoms with E-state index in [0.29, 0.717) is 11.4 Å². The lowest BCUT2D eigenvalue weighted by molar-refractivity contribution is 0.0698. The van der Waals surface area contributed by atoms with Gasteiger partial charge in [-0.25, -0.2) is 4.79 Å². The molecule has 0 amide bonds. The number of anilines is 2. The van der Waals surface area contributed by atoms with Gasteiger partial charge in [-0.1, -0.05) is 36.4 Å². The van der Waals surface area contributed by atoms with Gasteiger partial charge in [0.25, 0.3) is 0 Å². The normalized spacial score (nSPS) is 11.8. The number of nitrogens with two attached hydrogens (primary N) is 1. The molecule has 2 aromatic carbocycles. The van der Waals surface area contributed by atoms with E-state index >= 15 is 0 Å². The number of carboxylic acids is 1. The summed E-state index contributed by atoms with van der Waals surface area (Å²) in [7, 11) is 0. The number of nitrogen functional groups attached to an aromatic ring is 1. The summed E-state index contributed by atoms with van der Waals surface area (Å²) in [6.45, 7) is 2.01. The Kier molecular flexibility index (Phi) is 4.25. The largest absolute Gasteiger partial charge is 0.478 e. The zero-order valence-corrected chi connectivity index (χ0v) is 11.3. The van der Waals surface area contributed by atoms with Crippen molar-refractivity contribution < 1.29 is 9.90 Å². The predicted octanol–water partition coefficient (Wildman–Crippen LogP) is 3.01. The molecular weight excluding hydrogens is 252 g/mol. The van der Waals surface area contributed by atoms with Crippen LogP contribution in [0.4, 0.5) is 11.4 Å². The second-order valence-electron chi connectivity index (χ2n) is 4.81. The summed E-state index contributed by atoms with van der Waals surface area (Å²) >= 11 is 0. The summed E-state index contributed by atoms with van der Waals surface area (Å²) in [4.78, 5) is 11.2. The fraction of sp³-hybridized carbons (Fsp3) is 0.188. The van der Waals surface area contributed by atoms with Crippen LogP contribution < -0.4 is 11.1 Å². The highest BCUT2D eigenvalue weighted by Crippen LogP contribution is 2.24. The molecule has 0 saturated heterocycles. The van der Waals surface area contributed by atoms with Crippen LogP contribution in [0, 0.1) is 0 Å². The summed E-state index contributed by atoms with van der Waals surface area (Å²) in [6.07, 6.45) is 0.800. The predicted molar refractivity (Wildman–Crippen MR) is 81.0 cm³/mol. The molecule has 0 aliphatic heterocycles. The molecule has 0 heterocycles. The molecule has 4 N–H and O–H groups in total. The van der Waals surface area contributed by atoms with E-state index < -0.39 is 5.97 Å². The van der Waals surface area contributed by atoms with E-state index in [2.05, 4.69) is 5.32 Å². The maximum atomic E-state index is 11.2. The summed E-state index contributed by atoms with van der Waals surface area (Å²) in [5, 5.41) is 12.4. The molecule has 1 atom stereocenters. The van der Waals surface area contributed by atoms with Crippen molar-refractivity contribution in [1.29, 1.82) is 0 Å². The van der Waals surface area contributed by atoms with E-state index in [1.54, 1.807) is 18.2 Å². The lowest BCUT2D eigenvalue weighted by Crippen LogP contribution is -2.21. The first kappa shape index (κ1) is 13.9. The van der Waals surface area contributed by atoms with Gasteiger partial charge in [0.1, 0.15) is 0 Å². The molecule has 0 bridgehead atoms. The van der Waals surface area contributed by atoms with Crippen LogP contribution >= 0.6 is 0 Å². The van der Waals surface area contributed by atoms with E-state index in [4.69, 9.17) is 5.73 Å². The zero-order chi connectivity index (χ0) is 14.5. The number of hydrogen-bond donors (Lipinski definition) is 3. The molecule has 4 nitrogen and oxygen atoms in total. The van der Waals surface area contributed by atoms with Crippen molar-refractivity contribution in [2.45, 2.75) is 19.4 Å². The van der Waals surface area contributed by atoms with Crippen molar-refractivity contribution in [3.8, 4) is 0 Å². The quantitative estimate of drug-likeness (QED) is 0.730. The molecule has 0 spiro atoms. The van der Waals surface area contributed by atoms with Gasteiger partial charge in [-0.15, -0.1) is 0 Å². The van der Waals surface area contributed by atoms with Crippen molar-refractivity contribution in [1.82, 2.24) is 0 Å². The third-order valence-electron chi connectivity index (χ3n) is 3.10. The van der Waals surface area contributed by atoms with Crippen LogP contribution in [-0.4, -0.2) is 17.1 Å². The first-order valence-electron chi connectivity index (χ1n) is 6.50. The minimum absolute atomic E-state index is 0.0835. The monoisotopic (exact) mass is 270 g/mol. The van der Waals surface area contributed by atoms with Gasteiger partial charge < -0.3 is 16.2 Å². The highest BCUT2D eigenvalue weighted by Gasteiger charge is 2.14. The summed E-state index contributed by atoms with van der Waals surface area (Å²) in [6, 6.07) is 15.0. The maximum Gasteiger partial charge on any atom is 0.337 e. The third kappa shape index (κ3) is 3.29. The van der Waals surface area contributed by atoms with Crippen LogP contribution in [0.15, 0.2) is 48.5 Å². The Morgan fingerprint density at radius 3 is 2.55 bits per heavy atom. The second kappa shape index (κ2) is 6.10. The van der Waals surface area contributed by atoms with Crippen LogP contribution in [-0.2, 0) is 6.42 Å². The average molecular weight is 270 g/mol. The topological polar surface area (TPSA) is 75.3 Å². The van der Waals surface area contributed by atoms with Crippen LogP contribution in [0.25, 0.3) is 0 Å². The van der Waals surface area contributed by atoms with E-state index in [1.807, 2.05) is 37.3 Å². The number of rotatable bonds is 5. The van der Waals surface area contributed by atoms with Crippen molar-refractivity contribution in [3.63, 3.8) is 0 Å². The molecule has 4 heteroatoms. The summed E-state index contributed by atoms with van der Waals surface area (Å²) < 4.78 is 0. The Morgan fingerprint density at radius 2 is 1.90 bits per heavy atom. The average Bonchev–Trinajstić information content (AvgIpc) is 2.42. The first-order chi connectivity index (χ1) is 9.58. The molecule has 0 aliphatic carbocycles. The number of benzene rings is 2. The van der Waals surface area contributed by atoms with Gasteiger partial charge in [0.15, 0.2) is 0 Å². The van der Waals surface area contributed by atoms with Crippen LogP contribution in [0.2, 0.25) is 0 Å². The van der Waals surface area contributed by atoms with E-state index in [1.165, 1.54) is 5.56 Å². The number of nitrogens with one attached hydrogen (secondary N) is 1. The Balaban J connectivity index is 2.15. The third-order valence-corrected chi connectivity index (χ3v) is 3.10. The van der Waals surface area contributed by atoms with Crippen molar-refractivity contribution in [2.24, 2.45) is 0 Å². The molecule has 0 aliphatic rings. The van der Waals surface area contributed by atoms with E-state index in [-0.39, 0.29) is 11.6 Å². The SMILES string of the molecule is CC(Cc1ccccc1)Nc1c(N)cccc1C(=O)O. The number of para-hydroxylation sites is 1. The van der Waals surface area contributed by atoms with Crippen LogP contribution in [0.1, 0.15) is 22.8 Å². The summed E-state index contributed by atoms with van der Waals surface area (Å²) in [5.74, 6) is -0.980. The molecule has 0 aromatic heterocycles.